The summed E-state index contributed by atoms with van der Waals surface area (Å²) in [5.74, 6) is -0.170. The topological polar surface area (TPSA) is 97.0 Å². The van der Waals surface area contributed by atoms with Crippen LogP contribution in [0.2, 0.25) is 0 Å². The second-order valence-corrected chi connectivity index (χ2v) is 7.69. The van der Waals surface area contributed by atoms with Gasteiger partial charge in [0.2, 0.25) is 0 Å². The molecule has 0 saturated carbocycles. The molecule has 1 aliphatic rings. The van der Waals surface area contributed by atoms with Crippen LogP contribution in [0, 0.1) is 0 Å². The Kier molecular flexibility index (Phi) is 7.71. The third-order valence-corrected chi connectivity index (χ3v) is 5.57. The van der Waals surface area contributed by atoms with Gasteiger partial charge < -0.3 is 20.1 Å². The van der Waals surface area contributed by atoms with Gasteiger partial charge in [-0.2, -0.15) is 0 Å². The molecule has 2 aromatic rings. The Morgan fingerprint density at radius 3 is 2.48 bits per heavy atom. The van der Waals surface area contributed by atoms with Gasteiger partial charge >= 0.3 is 12.0 Å². The molecule has 1 aliphatic heterocycles. The Bertz CT molecular complexity index is 1060. The maximum absolute atomic E-state index is 12.7. The average molecular weight is 452 g/mol. The molecule has 0 spiro atoms. The summed E-state index contributed by atoms with van der Waals surface area (Å²) in [6.45, 7) is 4.33. The van der Waals surface area contributed by atoms with Crippen molar-refractivity contribution in [3.05, 3.63) is 70.9 Å². The SMILES string of the molecule is CCCCN1C(=O)NC(c2ccc(NC(=O)c3cccc(OC)c3)cc2)C(C(=O)OC)=C1C. The quantitative estimate of drug-likeness (QED) is 0.585. The molecule has 3 rings (SSSR count). The van der Waals surface area contributed by atoms with Crippen molar-refractivity contribution in [1.29, 1.82) is 0 Å². The monoisotopic (exact) mass is 451 g/mol. The number of rotatable bonds is 8. The fourth-order valence-electron chi connectivity index (χ4n) is 3.72. The van der Waals surface area contributed by atoms with Crippen LogP contribution in [0.1, 0.15) is 48.7 Å². The maximum atomic E-state index is 12.7. The molecule has 8 heteroatoms. The summed E-state index contributed by atoms with van der Waals surface area (Å²) in [4.78, 5) is 39.5. The molecule has 33 heavy (non-hydrogen) atoms. The first-order valence-electron chi connectivity index (χ1n) is 10.8. The highest BCUT2D eigenvalue weighted by Crippen LogP contribution is 2.32. The number of hydrogen-bond acceptors (Lipinski definition) is 5. The summed E-state index contributed by atoms with van der Waals surface area (Å²) in [7, 11) is 2.87. The minimum absolute atomic E-state index is 0.256. The number of hydrogen-bond donors (Lipinski definition) is 2. The van der Waals surface area contributed by atoms with E-state index in [2.05, 4.69) is 10.6 Å². The first-order valence-corrected chi connectivity index (χ1v) is 10.8. The molecule has 3 amide bonds. The second kappa shape index (κ2) is 10.7. The molecule has 0 aromatic heterocycles. The van der Waals surface area contributed by atoms with Gasteiger partial charge in [0, 0.05) is 23.5 Å². The lowest BCUT2D eigenvalue weighted by molar-refractivity contribution is -0.136. The van der Waals surface area contributed by atoms with Crippen LogP contribution < -0.4 is 15.4 Å². The summed E-state index contributed by atoms with van der Waals surface area (Å²) in [5, 5.41) is 5.75. The molecule has 1 unspecified atom stereocenters. The second-order valence-electron chi connectivity index (χ2n) is 7.69. The molecule has 0 saturated heterocycles. The van der Waals surface area contributed by atoms with Crippen molar-refractivity contribution in [1.82, 2.24) is 10.2 Å². The predicted molar refractivity (Wildman–Crippen MR) is 125 cm³/mol. The molecule has 8 nitrogen and oxygen atoms in total. The number of nitrogens with one attached hydrogen (secondary N) is 2. The zero-order valence-electron chi connectivity index (χ0n) is 19.3. The van der Waals surface area contributed by atoms with Gasteiger partial charge in [-0.15, -0.1) is 0 Å². The molecule has 0 aliphatic carbocycles. The third-order valence-electron chi connectivity index (χ3n) is 5.57. The zero-order valence-corrected chi connectivity index (χ0v) is 19.3. The lowest BCUT2D eigenvalue weighted by Gasteiger charge is -2.35. The van der Waals surface area contributed by atoms with E-state index in [0.29, 0.717) is 40.4 Å². The summed E-state index contributed by atoms with van der Waals surface area (Å²) in [5.41, 5.74) is 2.73. The highest BCUT2D eigenvalue weighted by atomic mass is 16.5. The van der Waals surface area contributed by atoms with Crippen LogP contribution in [0.5, 0.6) is 5.75 Å². The number of nitrogens with zero attached hydrogens (tertiary/aromatic N) is 1. The van der Waals surface area contributed by atoms with E-state index in [4.69, 9.17) is 9.47 Å². The van der Waals surface area contributed by atoms with Gasteiger partial charge in [-0.3, -0.25) is 9.69 Å². The van der Waals surface area contributed by atoms with E-state index in [9.17, 15) is 14.4 Å². The van der Waals surface area contributed by atoms with Gasteiger partial charge in [-0.1, -0.05) is 31.5 Å². The van der Waals surface area contributed by atoms with Gasteiger partial charge in [-0.25, -0.2) is 9.59 Å². The number of allylic oxidation sites excluding steroid dienone is 1. The van der Waals surface area contributed by atoms with E-state index in [-0.39, 0.29) is 11.9 Å². The summed E-state index contributed by atoms with van der Waals surface area (Å²) in [6, 6.07) is 13.0. The minimum Gasteiger partial charge on any atom is -0.497 e. The smallest absolute Gasteiger partial charge is 0.337 e. The molecule has 2 N–H and O–H groups in total. The first kappa shape index (κ1) is 23.8. The number of carbonyl (C=O) groups is 3. The highest BCUT2D eigenvalue weighted by molar-refractivity contribution is 6.04. The molecule has 1 atom stereocenters. The van der Waals surface area contributed by atoms with Gasteiger partial charge in [0.1, 0.15) is 5.75 Å². The molecule has 2 aromatic carbocycles. The minimum atomic E-state index is -0.647. The molecular weight excluding hydrogens is 422 g/mol. The molecule has 0 bridgehead atoms. The molecular formula is C25H29N3O5. The lowest BCUT2D eigenvalue weighted by Crippen LogP contribution is -2.48. The normalized spacial score (nSPS) is 15.7. The number of amides is 3. The Hall–Kier alpha value is -3.81. The molecule has 0 radical (unpaired) electrons. The fraction of sp³-hybridized carbons (Fsp3) is 0.320. The van der Waals surface area contributed by atoms with E-state index in [1.54, 1.807) is 67.5 Å². The highest BCUT2D eigenvalue weighted by Gasteiger charge is 2.35. The predicted octanol–water partition coefficient (Wildman–Crippen LogP) is 4.26. The largest absolute Gasteiger partial charge is 0.497 e. The van der Waals surface area contributed by atoms with Crippen LogP contribution in [0.25, 0.3) is 0 Å². The van der Waals surface area contributed by atoms with Crippen LogP contribution in [0.3, 0.4) is 0 Å². The van der Waals surface area contributed by atoms with Crippen molar-refractivity contribution >= 4 is 23.6 Å². The number of anilines is 1. The van der Waals surface area contributed by atoms with Crippen LogP contribution >= 0.6 is 0 Å². The lowest BCUT2D eigenvalue weighted by atomic mass is 9.94. The van der Waals surface area contributed by atoms with Crippen molar-refractivity contribution in [2.24, 2.45) is 0 Å². The van der Waals surface area contributed by atoms with Gasteiger partial charge in [0.05, 0.1) is 25.8 Å². The fourth-order valence-corrected chi connectivity index (χ4v) is 3.72. The number of esters is 1. The number of carbonyl (C=O) groups excluding carboxylic acids is 3. The van der Waals surface area contributed by atoms with Crippen molar-refractivity contribution in [2.75, 3.05) is 26.1 Å². The van der Waals surface area contributed by atoms with Crippen molar-refractivity contribution in [3.63, 3.8) is 0 Å². The van der Waals surface area contributed by atoms with E-state index in [1.807, 2.05) is 6.92 Å². The van der Waals surface area contributed by atoms with Crippen LogP contribution in [-0.2, 0) is 9.53 Å². The zero-order chi connectivity index (χ0) is 24.0. The number of unbranched alkanes of at least 4 members (excludes halogenated alkanes) is 1. The Labute approximate surface area is 193 Å². The van der Waals surface area contributed by atoms with Crippen LogP contribution in [0.15, 0.2) is 59.8 Å². The Morgan fingerprint density at radius 2 is 1.85 bits per heavy atom. The number of benzene rings is 2. The Balaban J connectivity index is 1.83. The van der Waals surface area contributed by atoms with E-state index < -0.39 is 12.0 Å². The standard InChI is InChI=1S/C25H29N3O5/c1-5-6-14-28-16(2)21(24(30)33-4)22(27-25(28)31)17-10-12-19(13-11-17)26-23(29)18-8-7-9-20(15-18)32-3/h7-13,15,22H,5-6,14H2,1-4H3,(H,26,29)(H,27,31). The molecule has 0 fully saturated rings. The van der Waals surface area contributed by atoms with E-state index in [1.165, 1.54) is 7.11 Å². The first-order chi connectivity index (χ1) is 15.9. The number of urea groups is 1. The van der Waals surface area contributed by atoms with Gasteiger partial charge in [0.25, 0.3) is 5.91 Å². The summed E-state index contributed by atoms with van der Waals surface area (Å²) < 4.78 is 10.2. The molecule has 174 valence electrons. The average Bonchev–Trinajstić information content (AvgIpc) is 2.83. The van der Waals surface area contributed by atoms with Gasteiger partial charge in [0.15, 0.2) is 0 Å². The Morgan fingerprint density at radius 1 is 1.12 bits per heavy atom. The summed E-state index contributed by atoms with van der Waals surface area (Å²) in [6.07, 6.45) is 1.75. The van der Waals surface area contributed by atoms with Crippen molar-refractivity contribution in [3.8, 4) is 5.75 Å². The number of ether oxygens (including phenoxy) is 2. The van der Waals surface area contributed by atoms with Crippen molar-refractivity contribution in [2.45, 2.75) is 32.7 Å². The van der Waals surface area contributed by atoms with Gasteiger partial charge in [-0.05, 0) is 49.2 Å². The number of methoxy groups -OCH3 is 2. The van der Waals surface area contributed by atoms with Crippen molar-refractivity contribution < 1.29 is 23.9 Å². The summed E-state index contributed by atoms with van der Waals surface area (Å²) >= 11 is 0. The third kappa shape index (κ3) is 5.34. The maximum Gasteiger partial charge on any atom is 0.337 e. The molecule has 1 heterocycles. The van der Waals surface area contributed by atoms with Crippen LogP contribution in [-0.4, -0.2) is 43.6 Å². The van der Waals surface area contributed by atoms with Crippen LogP contribution in [0.4, 0.5) is 10.5 Å². The van der Waals surface area contributed by atoms with E-state index in [0.717, 1.165) is 12.8 Å². The van der Waals surface area contributed by atoms with E-state index >= 15 is 0 Å².